The van der Waals surface area contributed by atoms with Crippen molar-refractivity contribution >= 4 is 10.1 Å². The number of piperidine rings is 1. The Labute approximate surface area is 98.9 Å². The summed E-state index contributed by atoms with van der Waals surface area (Å²) in [5, 5.41) is 0. The molecular formula is C9H16F3NO3S. The molecule has 1 aliphatic rings. The third-order valence-corrected chi connectivity index (χ3v) is 3.71. The van der Waals surface area contributed by atoms with Crippen LogP contribution in [0.5, 0.6) is 0 Å². The smallest absolute Gasteiger partial charge is 0.303 e. The van der Waals surface area contributed by atoms with Gasteiger partial charge in [-0.2, -0.15) is 21.6 Å². The summed E-state index contributed by atoms with van der Waals surface area (Å²) in [4.78, 5) is 2.08. The van der Waals surface area contributed by atoms with Crippen LogP contribution >= 0.6 is 0 Å². The van der Waals surface area contributed by atoms with Crippen LogP contribution in [0.1, 0.15) is 26.2 Å². The molecule has 1 fully saturated rings. The Bertz CT molecular complexity index is 334. The molecule has 0 bridgehead atoms. The van der Waals surface area contributed by atoms with E-state index in [1.54, 1.807) is 0 Å². The molecular weight excluding hydrogens is 259 g/mol. The van der Waals surface area contributed by atoms with Gasteiger partial charge < -0.3 is 4.90 Å². The zero-order chi connectivity index (χ0) is 13.1. The molecule has 1 saturated heterocycles. The summed E-state index contributed by atoms with van der Waals surface area (Å²) in [5.41, 5.74) is -5.33. The van der Waals surface area contributed by atoms with Gasteiger partial charge in [0.15, 0.2) is 0 Å². The van der Waals surface area contributed by atoms with Gasteiger partial charge in [-0.05, 0) is 25.8 Å². The Hall–Kier alpha value is -0.340. The minimum absolute atomic E-state index is 0.315. The van der Waals surface area contributed by atoms with Gasteiger partial charge in [0.2, 0.25) is 0 Å². The van der Waals surface area contributed by atoms with Crippen LogP contribution in [0.25, 0.3) is 0 Å². The van der Waals surface area contributed by atoms with Gasteiger partial charge >= 0.3 is 15.6 Å². The van der Waals surface area contributed by atoms with Crippen molar-refractivity contribution in [3.05, 3.63) is 0 Å². The van der Waals surface area contributed by atoms with E-state index in [0.717, 1.165) is 13.0 Å². The number of likely N-dealkylation sites (tertiary alicyclic amines) is 1. The molecule has 17 heavy (non-hydrogen) atoms. The lowest BCUT2D eigenvalue weighted by molar-refractivity contribution is -0.0594. The van der Waals surface area contributed by atoms with E-state index in [-0.39, 0.29) is 0 Å². The molecule has 1 heterocycles. The van der Waals surface area contributed by atoms with E-state index in [1.807, 2.05) is 6.92 Å². The lowest BCUT2D eigenvalue weighted by Crippen LogP contribution is -2.40. The Morgan fingerprint density at radius 1 is 1.29 bits per heavy atom. The number of hydrogen-bond donors (Lipinski definition) is 0. The maximum absolute atomic E-state index is 12.1. The van der Waals surface area contributed by atoms with Crippen molar-refractivity contribution in [2.45, 2.75) is 37.8 Å². The number of nitrogens with zero attached hydrogens (tertiary/aromatic N) is 1. The van der Waals surface area contributed by atoms with Crippen LogP contribution in [-0.2, 0) is 14.3 Å². The average molecular weight is 275 g/mol. The molecule has 0 amide bonds. The quantitative estimate of drug-likeness (QED) is 0.579. The summed E-state index contributed by atoms with van der Waals surface area (Å²) in [6, 6.07) is 0. The molecule has 0 N–H and O–H groups in total. The van der Waals surface area contributed by atoms with Crippen LogP contribution < -0.4 is 0 Å². The molecule has 0 aliphatic carbocycles. The van der Waals surface area contributed by atoms with Gasteiger partial charge in [-0.1, -0.05) is 6.92 Å². The maximum atomic E-state index is 12.1. The predicted octanol–water partition coefficient (Wildman–Crippen LogP) is 1.73. The second kappa shape index (κ2) is 5.53. The lowest BCUT2D eigenvalue weighted by atomic mass is 10.1. The molecule has 102 valence electrons. The van der Waals surface area contributed by atoms with E-state index in [0.29, 0.717) is 25.9 Å². The molecule has 0 radical (unpaired) electrons. The number of rotatable bonds is 4. The first-order valence-corrected chi connectivity index (χ1v) is 6.89. The summed E-state index contributed by atoms with van der Waals surface area (Å²) < 4.78 is 61.9. The fraction of sp³-hybridized carbons (Fsp3) is 1.00. The van der Waals surface area contributed by atoms with E-state index in [2.05, 4.69) is 9.08 Å². The van der Waals surface area contributed by atoms with Gasteiger partial charge in [0.05, 0.1) is 6.10 Å². The zero-order valence-corrected chi connectivity index (χ0v) is 10.4. The normalized spacial score (nSPS) is 20.7. The van der Waals surface area contributed by atoms with Crippen LogP contribution in [0.15, 0.2) is 0 Å². The Kier molecular flexibility index (Phi) is 4.79. The first-order valence-electron chi connectivity index (χ1n) is 5.48. The van der Waals surface area contributed by atoms with Crippen LogP contribution in [0.2, 0.25) is 0 Å². The van der Waals surface area contributed by atoms with Gasteiger partial charge in [-0.3, -0.25) is 4.18 Å². The topological polar surface area (TPSA) is 46.6 Å². The summed E-state index contributed by atoms with van der Waals surface area (Å²) in [7, 11) is -5.45. The summed E-state index contributed by atoms with van der Waals surface area (Å²) >= 11 is 0. The largest absolute Gasteiger partial charge is 0.523 e. The van der Waals surface area contributed by atoms with Crippen molar-refractivity contribution in [1.29, 1.82) is 0 Å². The molecule has 0 aromatic heterocycles. The molecule has 0 atom stereocenters. The fourth-order valence-electron chi connectivity index (χ4n) is 1.78. The molecule has 8 heteroatoms. The Balaban J connectivity index is 2.46. The van der Waals surface area contributed by atoms with Crippen molar-refractivity contribution in [3.8, 4) is 0 Å². The summed E-state index contributed by atoms with van der Waals surface area (Å²) in [5.74, 6) is 0. The average Bonchev–Trinajstić information content (AvgIpc) is 2.19. The van der Waals surface area contributed by atoms with Crippen molar-refractivity contribution in [3.63, 3.8) is 0 Å². The van der Waals surface area contributed by atoms with Crippen LogP contribution in [0, 0.1) is 0 Å². The van der Waals surface area contributed by atoms with Crippen molar-refractivity contribution in [1.82, 2.24) is 4.90 Å². The lowest BCUT2D eigenvalue weighted by Gasteiger charge is -2.31. The van der Waals surface area contributed by atoms with Crippen LogP contribution in [-0.4, -0.2) is 44.6 Å². The second-order valence-corrected chi connectivity index (χ2v) is 5.60. The molecule has 0 saturated carbocycles. The number of hydrogen-bond acceptors (Lipinski definition) is 4. The highest BCUT2D eigenvalue weighted by atomic mass is 32.2. The molecule has 0 aromatic rings. The van der Waals surface area contributed by atoms with Crippen molar-refractivity contribution < 1.29 is 25.8 Å². The molecule has 0 unspecified atom stereocenters. The monoisotopic (exact) mass is 275 g/mol. The van der Waals surface area contributed by atoms with Gasteiger partial charge in [0, 0.05) is 13.1 Å². The van der Waals surface area contributed by atoms with Gasteiger partial charge in [0.25, 0.3) is 0 Å². The molecule has 1 rings (SSSR count). The van der Waals surface area contributed by atoms with E-state index in [9.17, 15) is 21.6 Å². The predicted molar refractivity (Wildman–Crippen MR) is 55.8 cm³/mol. The highest BCUT2D eigenvalue weighted by Crippen LogP contribution is 2.28. The SMILES string of the molecule is CCCN1CCC(OS(=O)(=O)C(F)(F)F)CC1. The number of alkyl halides is 3. The van der Waals surface area contributed by atoms with E-state index >= 15 is 0 Å². The Morgan fingerprint density at radius 2 is 1.82 bits per heavy atom. The minimum Gasteiger partial charge on any atom is -0.303 e. The summed E-state index contributed by atoms with van der Waals surface area (Å²) in [6.45, 7) is 4.03. The highest BCUT2D eigenvalue weighted by Gasteiger charge is 2.48. The van der Waals surface area contributed by atoms with Crippen molar-refractivity contribution in [2.24, 2.45) is 0 Å². The van der Waals surface area contributed by atoms with Gasteiger partial charge in [-0.15, -0.1) is 0 Å². The van der Waals surface area contributed by atoms with Gasteiger partial charge in [0.1, 0.15) is 0 Å². The van der Waals surface area contributed by atoms with E-state index < -0.39 is 21.7 Å². The third-order valence-electron chi connectivity index (χ3n) is 2.62. The minimum atomic E-state index is -5.45. The number of halogens is 3. The van der Waals surface area contributed by atoms with E-state index in [4.69, 9.17) is 0 Å². The zero-order valence-electron chi connectivity index (χ0n) is 9.53. The first kappa shape index (κ1) is 14.7. The van der Waals surface area contributed by atoms with Crippen LogP contribution in [0.3, 0.4) is 0 Å². The Morgan fingerprint density at radius 3 is 2.24 bits per heavy atom. The third kappa shape index (κ3) is 4.11. The van der Waals surface area contributed by atoms with Gasteiger partial charge in [-0.25, -0.2) is 0 Å². The highest BCUT2D eigenvalue weighted by molar-refractivity contribution is 7.87. The van der Waals surface area contributed by atoms with Crippen LogP contribution in [0.4, 0.5) is 13.2 Å². The fourth-order valence-corrected chi connectivity index (χ4v) is 2.44. The molecule has 4 nitrogen and oxygen atoms in total. The molecule has 1 aliphatic heterocycles. The second-order valence-electron chi connectivity index (χ2n) is 4.04. The summed E-state index contributed by atoms with van der Waals surface area (Å²) in [6.07, 6.45) is 0.742. The van der Waals surface area contributed by atoms with Crippen molar-refractivity contribution in [2.75, 3.05) is 19.6 Å². The molecule has 0 spiro atoms. The maximum Gasteiger partial charge on any atom is 0.523 e. The first-order chi connectivity index (χ1) is 7.76. The van der Waals surface area contributed by atoms with E-state index in [1.165, 1.54) is 0 Å². The molecule has 0 aromatic carbocycles. The standard InChI is InChI=1S/C9H16F3NO3S/c1-2-5-13-6-3-8(4-7-13)16-17(14,15)9(10,11)12/h8H,2-7H2,1H3.